The van der Waals surface area contributed by atoms with Crippen molar-refractivity contribution in [2.75, 3.05) is 11.5 Å². The highest BCUT2D eigenvalue weighted by Gasteiger charge is 2.26. The molecule has 3 N–H and O–H groups in total. The Morgan fingerprint density at radius 1 is 1.53 bits per heavy atom. The van der Waals surface area contributed by atoms with Crippen molar-refractivity contribution in [1.82, 2.24) is 5.32 Å². The van der Waals surface area contributed by atoms with E-state index in [1.807, 2.05) is 11.8 Å². The van der Waals surface area contributed by atoms with E-state index in [2.05, 4.69) is 12.2 Å². The molecule has 1 aliphatic rings. The van der Waals surface area contributed by atoms with Crippen LogP contribution in [0.15, 0.2) is 18.2 Å². The normalized spacial score (nSPS) is 22.4. The zero-order chi connectivity index (χ0) is 13.8. The molecule has 1 saturated carbocycles. The lowest BCUT2D eigenvalue weighted by Gasteiger charge is -2.14. The van der Waals surface area contributed by atoms with Gasteiger partial charge in [-0.25, -0.2) is 0 Å². The molecule has 0 aliphatic heterocycles. The van der Waals surface area contributed by atoms with E-state index in [0.717, 1.165) is 18.6 Å². The molecular formula is C14H19ClN2OS. The number of benzene rings is 1. The third-order valence-corrected chi connectivity index (χ3v) is 4.98. The van der Waals surface area contributed by atoms with Crippen molar-refractivity contribution in [2.45, 2.75) is 37.5 Å². The highest BCUT2D eigenvalue weighted by Crippen LogP contribution is 2.30. The van der Waals surface area contributed by atoms with E-state index in [9.17, 15) is 4.79 Å². The lowest BCUT2D eigenvalue weighted by atomic mass is 10.1. The number of rotatable bonds is 4. The van der Waals surface area contributed by atoms with Gasteiger partial charge in [0.25, 0.3) is 5.91 Å². The molecule has 19 heavy (non-hydrogen) atoms. The fourth-order valence-electron chi connectivity index (χ4n) is 2.46. The Hall–Kier alpha value is -0.870. The molecule has 0 radical (unpaired) electrons. The van der Waals surface area contributed by atoms with Crippen molar-refractivity contribution in [3.63, 3.8) is 0 Å². The van der Waals surface area contributed by atoms with Crippen LogP contribution in [0.4, 0.5) is 5.69 Å². The molecule has 0 heterocycles. The molecule has 1 amide bonds. The Kier molecular flexibility index (Phi) is 4.99. The fourth-order valence-corrected chi connectivity index (χ4v) is 3.77. The van der Waals surface area contributed by atoms with Crippen molar-refractivity contribution in [3.05, 3.63) is 28.8 Å². The number of amides is 1. The number of hydrogen-bond donors (Lipinski definition) is 2. The van der Waals surface area contributed by atoms with Crippen LogP contribution in [0.5, 0.6) is 0 Å². The molecule has 2 rings (SSSR count). The molecule has 1 aromatic carbocycles. The van der Waals surface area contributed by atoms with Gasteiger partial charge in [0, 0.05) is 11.3 Å². The lowest BCUT2D eigenvalue weighted by Crippen LogP contribution is -2.33. The molecule has 104 valence electrons. The van der Waals surface area contributed by atoms with Crippen LogP contribution < -0.4 is 11.1 Å². The quantitative estimate of drug-likeness (QED) is 0.838. The molecule has 0 spiro atoms. The Morgan fingerprint density at radius 2 is 2.32 bits per heavy atom. The van der Waals surface area contributed by atoms with Crippen molar-refractivity contribution in [1.29, 1.82) is 0 Å². The van der Waals surface area contributed by atoms with Crippen molar-refractivity contribution in [3.8, 4) is 0 Å². The molecule has 1 fully saturated rings. The predicted molar refractivity (Wildman–Crippen MR) is 82.9 cm³/mol. The van der Waals surface area contributed by atoms with Crippen LogP contribution in [0.2, 0.25) is 5.02 Å². The largest absolute Gasteiger partial charge is 0.397 e. The standard InChI is InChI=1S/C14H19ClN2OS/c1-2-19-10-7-6-9(8-10)17-14(18)11-4-3-5-12(15)13(11)16/h3-5,9-10H,2,6-8,16H2,1H3,(H,17,18). The van der Waals surface area contributed by atoms with Gasteiger partial charge in [0.1, 0.15) is 0 Å². The molecule has 2 atom stereocenters. The number of thioether (sulfide) groups is 1. The summed E-state index contributed by atoms with van der Waals surface area (Å²) in [5, 5.41) is 4.16. The summed E-state index contributed by atoms with van der Waals surface area (Å²) in [6.07, 6.45) is 3.27. The first kappa shape index (κ1) is 14.5. The first-order chi connectivity index (χ1) is 9.11. The molecule has 3 nitrogen and oxygen atoms in total. The number of nitrogens with two attached hydrogens (primary N) is 1. The van der Waals surface area contributed by atoms with Crippen molar-refractivity contribution < 1.29 is 4.79 Å². The summed E-state index contributed by atoms with van der Waals surface area (Å²) in [6, 6.07) is 5.41. The molecule has 1 aliphatic carbocycles. The van der Waals surface area contributed by atoms with E-state index >= 15 is 0 Å². The Labute approximate surface area is 123 Å². The number of hydrogen-bond acceptors (Lipinski definition) is 3. The van der Waals surface area contributed by atoms with Gasteiger partial charge in [0.15, 0.2) is 0 Å². The third-order valence-electron chi connectivity index (χ3n) is 3.42. The van der Waals surface area contributed by atoms with E-state index in [1.54, 1.807) is 18.2 Å². The Bertz CT molecular complexity index is 467. The van der Waals surface area contributed by atoms with Gasteiger partial charge in [-0.3, -0.25) is 4.79 Å². The first-order valence-corrected chi connectivity index (χ1v) is 8.01. The zero-order valence-corrected chi connectivity index (χ0v) is 12.6. The molecule has 0 aromatic heterocycles. The van der Waals surface area contributed by atoms with E-state index in [4.69, 9.17) is 17.3 Å². The maximum Gasteiger partial charge on any atom is 0.253 e. The van der Waals surface area contributed by atoms with Gasteiger partial charge in [0.2, 0.25) is 0 Å². The number of nitrogens with one attached hydrogen (secondary N) is 1. The Balaban J connectivity index is 1.97. The van der Waals surface area contributed by atoms with Gasteiger partial charge in [-0.15, -0.1) is 0 Å². The smallest absolute Gasteiger partial charge is 0.253 e. The first-order valence-electron chi connectivity index (χ1n) is 6.58. The van der Waals surface area contributed by atoms with Crippen LogP contribution in [0.3, 0.4) is 0 Å². The van der Waals surface area contributed by atoms with Gasteiger partial charge in [-0.1, -0.05) is 24.6 Å². The maximum absolute atomic E-state index is 12.2. The van der Waals surface area contributed by atoms with Crippen LogP contribution in [-0.2, 0) is 0 Å². The number of carbonyl (C=O) groups excluding carboxylic acids is 1. The maximum atomic E-state index is 12.2. The van der Waals surface area contributed by atoms with Gasteiger partial charge >= 0.3 is 0 Å². The number of anilines is 1. The number of carbonyl (C=O) groups is 1. The molecule has 1 aromatic rings. The summed E-state index contributed by atoms with van der Waals surface area (Å²) >= 11 is 7.90. The Morgan fingerprint density at radius 3 is 3.05 bits per heavy atom. The van der Waals surface area contributed by atoms with Crippen LogP contribution in [0, 0.1) is 0 Å². The van der Waals surface area contributed by atoms with E-state index in [0.29, 0.717) is 21.5 Å². The summed E-state index contributed by atoms with van der Waals surface area (Å²) in [4.78, 5) is 12.2. The minimum Gasteiger partial charge on any atom is -0.397 e. The molecule has 0 saturated heterocycles. The summed E-state index contributed by atoms with van der Waals surface area (Å²) in [6.45, 7) is 2.17. The minimum atomic E-state index is -0.118. The average molecular weight is 299 g/mol. The van der Waals surface area contributed by atoms with Gasteiger partial charge in [-0.2, -0.15) is 11.8 Å². The summed E-state index contributed by atoms with van der Waals surface area (Å²) in [5.41, 5.74) is 6.67. The van der Waals surface area contributed by atoms with Gasteiger partial charge in [-0.05, 0) is 37.1 Å². The topological polar surface area (TPSA) is 55.1 Å². The zero-order valence-electron chi connectivity index (χ0n) is 11.0. The van der Waals surface area contributed by atoms with E-state index in [-0.39, 0.29) is 11.9 Å². The predicted octanol–water partition coefficient (Wildman–Crippen LogP) is 3.33. The van der Waals surface area contributed by atoms with E-state index < -0.39 is 0 Å². The molecular weight excluding hydrogens is 280 g/mol. The monoisotopic (exact) mass is 298 g/mol. The van der Waals surface area contributed by atoms with Crippen LogP contribution in [-0.4, -0.2) is 23.0 Å². The van der Waals surface area contributed by atoms with Crippen LogP contribution in [0.25, 0.3) is 0 Å². The molecule has 5 heteroatoms. The number of halogens is 1. The molecule has 2 unspecified atom stereocenters. The SMILES string of the molecule is CCSC1CCC(NC(=O)c2cccc(Cl)c2N)C1. The second-order valence-corrected chi connectivity index (χ2v) is 6.75. The minimum absolute atomic E-state index is 0.118. The number of nitrogen functional groups attached to an aromatic ring is 1. The van der Waals surface area contributed by atoms with Crippen LogP contribution in [0.1, 0.15) is 36.5 Å². The van der Waals surface area contributed by atoms with Crippen molar-refractivity contribution >= 4 is 35.0 Å². The second-order valence-electron chi connectivity index (χ2n) is 4.76. The molecule has 0 bridgehead atoms. The third kappa shape index (κ3) is 3.57. The van der Waals surface area contributed by atoms with Gasteiger partial charge in [0.05, 0.1) is 16.3 Å². The second kappa shape index (κ2) is 6.53. The lowest BCUT2D eigenvalue weighted by molar-refractivity contribution is 0.0939. The van der Waals surface area contributed by atoms with Gasteiger partial charge < -0.3 is 11.1 Å². The van der Waals surface area contributed by atoms with E-state index in [1.165, 1.54) is 6.42 Å². The van der Waals surface area contributed by atoms with Crippen LogP contribution >= 0.6 is 23.4 Å². The highest BCUT2D eigenvalue weighted by molar-refractivity contribution is 7.99. The summed E-state index contributed by atoms with van der Waals surface area (Å²) in [5.74, 6) is 1.01. The fraction of sp³-hybridized carbons (Fsp3) is 0.500. The average Bonchev–Trinajstić information content (AvgIpc) is 2.80. The van der Waals surface area contributed by atoms with Crippen molar-refractivity contribution in [2.24, 2.45) is 0 Å². The highest BCUT2D eigenvalue weighted by atomic mass is 35.5. The summed E-state index contributed by atoms with van der Waals surface area (Å²) in [7, 11) is 0. The summed E-state index contributed by atoms with van der Waals surface area (Å²) < 4.78 is 0. The number of para-hydroxylation sites is 1.